The maximum atomic E-state index is 13.7. The summed E-state index contributed by atoms with van der Waals surface area (Å²) in [4.78, 5) is 32.3. The smallest absolute Gasteiger partial charge is 0.230 e. The second-order valence-electron chi connectivity index (χ2n) is 9.91. The number of methoxy groups -OCH3 is 1. The number of benzene rings is 1. The molecule has 202 valence electrons. The Bertz CT molecular complexity index is 1240. The summed E-state index contributed by atoms with van der Waals surface area (Å²) >= 11 is 0. The van der Waals surface area contributed by atoms with Gasteiger partial charge in [-0.15, -0.1) is 0 Å². The summed E-state index contributed by atoms with van der Waals surface area (Å²) in [6, 6.07) is 7.97. The Kier molecular flexibility index (Phi) is 7.96. The van der Waals surface area contributed by atoms with Crippen molar-refractivity contribution in [1.82, 2.24) is 25.3 Å². The average Bonchev–Trinajstić information content (AvgIpc) is 3.40. The monoisotopic (exact) mass is 524 g/mol. The van der Waals surface area contributed by atoms with E-state index in [2.05, 4.69) is 20.2 Å². The lowest BCUT2D eigenvalue weighted by Crippen LogP contribution is -2.49. The van der Waals surface area contributed by atoms with Crippen molar-refractivity contribution in [2.45, 2.75) is 32.5 Å². The topological polar surface area (TPSA) is 114 Å². The van der Waals surface area contributed by atoms with Crippen LogP contribution in [-0.2, 0) is 19.0 Å². The molecule has 1 aromatic carbocycles. The lowest BCUT2D eigenvalue weighted by molar-refractivity contribution is -0.231. The molecule has 0 spiro atoms. The van der Waals surface area contributed by atoms with Crippen molar-refractivity contribution in [2.24, 2.45) is 5.41 Å². The van der Waals surface area contributed by atoms with Crippen molar-refractivity contribution in [3.05, 3.63) is 48.2 Å². The van der Waals surface area contributed by atoms with Crippen molar-refractivity contribution in [1.29, 1.82) is 0 Å². The molecule has 0 aliphatic carbocycles. The van der Waals surface area contributed by atoms with Crippen molar-refractivity contribution < 1.29 is 23.4 Å². The van der Waals surface area contributed by atoms with Crippen LogP contribution in [0.5, 0.6) is 0 Å². The zero-order chi connectivity index (χ0) is 26.5. The number of halogens is 1. The quantitative estimate of drug-likeness (QED) is 0.431. The zero-order valence-corrected chi connectivity index (χ0v) is 21.7. The van der Waals surface area contributed by atoms with E-state index in [1.807, 2.05) is 6.07 Å². The van der Waals surface area contributed by atoms with Gasteiger partial charge in [-0.2, -0.15) is 0 Å². The molecule has 2 fully saturated rings. The molecule has 2 saturated heterocycles. The molecule has 0 radical (unpaired) electrons. The Morgan fingerprint density at radius 2 is 1.89 bits per heavy atom. The zero-order valence-electron chi connectivity index (χ0n) is 21.7. The lowest BCUT2D eigenvalue weighted by Gasteiger charge is -2.35. The van der Waals surface area contributed by atoms with Gasteiger partial charge in [0.25, 0.3) is 0 Å². The van der Waals surface area contributed by atoms with Crippen molar-refractivity contribution in [3.63, 3.8) is 0 Å². The third kappa shape index (κ3) is 5.69. The molecule has 0 unspecified atom stereocenters. The molecule has 4 heterocycles. The number of carbonyl (C=O) groups is 1. The fourth-order valence-electron chi connectivity index (χ4n) is 4.62. The number of H-pyrrole nitrogens is 1. The highest BCUT2D eigenvalue weighted by atomic mass is 19.1. The van der Waals surface area contributed by atoms with Crippen LogP contribution in [0.3, 0.4) is 0 Å². The number of piperidine rings is 1. The molecule has 0 atom stereocenters. The first-order chi connectivity index (χ1) is 18.5. The molecule has 1 amide bonds. The minimum atomic E-state index is -0.838. The van der Waals surface area contributed by atoms with Crippen LogP contribution in [0.1, 0.15) is 38.3 Å². The molecule has 38 heavy (non-hydrogen) atoms. The Morgan fingerprint density at radius 1 is 1.16 bits per heavy atom. The van der Waals surface area contributed by atoms with Gasteiger partial charge in [0.05, 0.1) is 42.3 Å². The highest BCUT2D eigenvalue weighted by Gasteiger charge is 2.40. The molecule has 5 rings (SSSR count). The highest BCUT2D eigenvalue weighted by Crippen LogP contribution is 2.36. The van der Waals surface area contributed by atoms with Crippen LogP contribution in [0.2, 0.25) is 0 Å². The molecule has 0 saturated carbocycles. The van der Waals surface area contributed by atoms with E-state index in [-0.39, 0.29) is 24.9 Å². The molecule has 0 bridgehead atoms. The number of aromatic amines is 1. The Hall–Kier alpha value is -3.41. The lowest BCUT2D eigenvalue weighted by atomic mass is 9.91. The van der Waals surface area contributed by atoms with Crippen molar-refractivity contribution >= 4 is 11.9 Å². The third-order valence-corrected chi connectivity index (χ3v) is 6.85. The summed E-state index contributed by atoms with van der Waals surface area (Å²) in [5.74, 6) is 0.622. The molecule has 2 aromatic heterocycles. The van der Waals surface area contributed by atoms with Gasteiger partial charge in [0.15, 0.2) is 5.82 Å². The molecule has 2 aliphatic heterocycles. The number of hydrogen-bond acceptors (Lipinski definition) is 8. The van der Waals surface area contributed by atoms with Crippen molar-refractivity contribution in [3.8, 4) is 22.6 Å². The van der Waals surface area contributed by atoms with Crippen LogP contribution in [0.15, 0.2) is 36.5 Å². The second kappa shape index (κ2) is 11.5. The molecule has 10 nitrogen and oxygen atoms in total. The first-order valence-corrected chi connectivity index (χ1v) is 12.9. The van der Waals surface area contributed by atoms with Crippen LogP contribution in [-0.4, -0.2) is 72.4 Å². The van der Waals surface area contributed by atoms with E-state index in [9.17, 15) is 9.18 Å². The van der Waals surface area contributed by atoms with Gasteiger partial charge in [0, 0.05) is 38.5 Å². The normalized spacial score (nSPS) is 21.9. The molecular formula is C27H33FN6O4. The molecule has 2 N–H and O–H groups in total. The second-order valence-corrected chi connectivity index (χ2v) is 9.91. The number of nitrogens with zero attached hydrogens (tertiary/aromatic N) is 4. The van der Waals surface area contributed by atoms with Gasteiger partial charge in [-0.3, -0.25) is 4.79 Å². The first kappa shape index (κ1) is 26.2. The van der Waals surface area contributed by atoms with Crippen LogP contribution in [0.4, 0.5) is 10.3 Å². The van der Waals surface area contributed by atoms with Crippen LogP contribution >= 0.6 is 0 Å². The van der Waals surface area contributed by atoms with Crippen LogP contribution < -0.4 is 10.2 Å². The van der Waals surface area contributed by atoms with Crippen LogP contribution in [0.25, 0.3) is 22.6 Å². The fraction of sp³-hybridized carbons (Fsp3) is 0.481. The first-order valence-electron chi connectivity index (χ1n) is 12.9. The Morgan fingerprint density at radius 3 is 2.61 bits per heavy atom. The number of nitrogens with one attached hydrogen (secondary N) is 2. The highest BCUT2D eigenvalue weighted by molar-refractivity contribution is 5.82. The van der Waals surface area contributed by atoms with E-state index in [0.717, 1.165) is 31.5 Å². The SMILES string of the molecule is COCCNC(=O)C1(C)COC(c2nc(-c3ccc(F)cc3)c(-c3ccnc(N4CCCCC4)n3)[nH]2)OC1. The van der Waals surface area contributed by atoms with E-state index in [0.29, 0.717) is 42.0 Å². The number of ether oxygens (including phenoxy) is 3. The third-order valence-electron chi connectivity index (χ3n) is 6.85. The van der Waals surface area contributed by atoms with Gasteiger partial charge in [-0.25, -0.2) is 19.3 Å². The Labute approximate surface area is 220 Å². The van der Waals surface area contributed by atoms with E-state index < -0.39 is 11.7 Å². The van der Waals surface area contributed by atoms with E-state index in [1.54, 1.807) is 32.4 Å². The van der Waals surface area contributed by atoms with E-state index in [1.165, 1.54) is 18.6 Å². The molecular weight excluding hydrogens is 491 g/mol. The summed E-state index contributed by atoms with van der Waals surface area (Å²) < 4.78 is 30.6. The van der Waals surface area contributed by atoms with Crippen molar-refractivity contribution in [2.75, 3.05) is 51.5 Å². The van der Waals surface area contributed by atoms with Gasteiger partial charge < -0.3 is 29.4 Å². The largest absolute Gasteiger partial charge is 0.383 e. The molecule has 11 heteroatoms. The maximum absolute atomic E-state index is 13.7. The minimum absolute atomic E-state index is 0.158. The summed E-state index contributed by atoms with van der Waals surface area (Å²) in [6.07, 6.45) is 4.38. The summed E-state index contributed by atoms with van der Waals surface area (Å²) in [5, 5.41) is 2.85. The number of amides is 1. The van der Waals surface area contributed by atoms with Gasteiger partial charge >= 0.3 is 0 Å². The number of hydrogen-bond donors (Lipinski definition) is 2. The van der Waals surface area contributed by atoms with Crippen LogP contribution in [0, 0.1) is 11.2 Å². The predicted molar refractivity (Wildman–Crippen MR) is 139 cm³/mol. The maximum Gasteiger partial charge on any atom is 0.230 e. The predicted octanol–water partition coefficient (Wildman–Crippen LogP) is 3.48. The van der Waals surface area contributed by atoms with E-state index in [4.69, 9.17) is 24.2 Å². The average molecular weight is 525 g/mol. The number of aromatic nitrogens is 4. The van der Waals surface area contributed by atoms with E-state index >= 15 is 0 Å². The van der Waals surface area contributed by atoms with Gasteiger partial charge in [0.2, 0.25) is 18.1 Å². The summed E-state index contributed by atoms with van der Waals surface area (Å²) in [5.41, 5.74) is 1.80. The van der Waals surface area contributed by atoms with Gasteiger partial charge in [0.1, 0.15) is 5.82 Å². The van der Waals surface area contributed by atoms with Gasteiger partial charge in [-0.05, 0) is 56.5 Å². The Balaban J connectivity index is 1.41. The molecule has 2 aliphatic rings. The van der Waals surface area contributed by atoms with Gasteiger partial charge in [-0.1, -0.05) is 0 Å². The standard InChI is InChI=1S/C27H33FN6O4/c1-27(25(35)29-12-15-36-2)16-37-24(38-17-27)23-32-21(18-6-8-19(28)9-7-18)22(33-23)20-10-11-30-26(31-20)34-13-4-3-5-14-34/h6-11,24H,3-5,12-17H2,1-2H3,(H,29,35)(H,32,33). The summed E-state index contributed by atoms with van der Waals surface area (Å²) in [6.45, 7) is 4.79. The summed E-state index contributed by atoms with van der Waals surface area (Å²) in [7, 11) is 1.58. The fourth-order valence-corrected chi connectivity index (χ4v) is 4.62. The molecule has 3 aromatic rings. The number of imidazole rings is 1. The minimum Gasteiger partial charge on any atom is -0.383 e. The number of anilines is 1. The number of carbonyl (C=O) groups excluding carboxylic acids is 1. The number of rotatable bonds is 8.